The fourth-order valence-corrected chi connectivity index (χ4v) is 1.36. The van der Waals surface area contributed by atoms with Crippen LogP contribution in [-0.2, 0) is 0 Å². The number of nitrogens with one attached hydrogen (secondary N) is 1. The number of rotatable bonds is 4. The summed E-state index contributed by atoms with van der Waals surface area (Å²) in [6.45, 7) is 2.62. The molecule has 0 fully saturated rings. The molecule has 14 heavy (non-hydrogen) atoms. The van der Waals surface area contributed by atoms with Crippen LogP contribution >= 0.6 is 11.8 Å². The molecule has 0 aliphatic heterocycles. The van der Waals surface area contributed by atoms with E-state index in [-0.39, 0.29) is 0 Å². The standard InChI is InChI=1S/C11H15NOS/c1-9-4-3-5-10(8-9)13-7-6-11(12)14-2/h3-5,8,12H,6-7H2,1-2H3. The van der Waals surface area contributed by atoms with E-state index in [0.717, 1.165) is 5.75 Å². The van der Waals surface area contributed by atoms with Gasteiger partial charge in [0.1, 0.15) is 5.75 Å². The van der Waals surface area contributed by atoms with Gasteiger partial charge in [0.15, 0.2) is 0 Å². The average molecular weight is 209 g/mol. The Morgan fingerprint density at radius 2 is 2.29 bits per heavy atom. The molecule has 1 N–H and O–H groups in total. The first kappa shape index (κ1) is 11.1. The van der Waals surface area contributed by atoms with Gasteiger partial charge in [-0.25, -0.2) is 0 Å². The molecule has 2 nitrogen and oxygen atoms in total. The predicted molar refractivity (Wildman–Crippen MR) is 62.5 cm³/mol. The molecule has 3 heteroatoms. The van der Waals surface area contributed by atoms with Gasteiger partial charge >= 0.3 is 0 Å². The van der Waals surface area contributed by atoms with Crippen LogP contribution in [0.3, 0.4) is 0 Å². The van der Waals surface area contributed by atoms with Gasteiger partial charge in [-0.05, 0) is 30.9 Å². The second-order valence-electron chi connectivity index (χ2n) is 3.04. The Bertz CT molecular complexity index is 312. The van der Waals surface area contributed by atoms with Crippen molar-refractivity contribution in [2.45, 2.75) is 13.3 Å². The number of hydrogen-bond acceptors (Lipinski definition) is 3. The summed E-state index contributed by atoms with van der Waals surface area (Å²) < 4.78 is 5.51. The largest absolute Gasteiger partial charge is 0.493 e. The first-order valence-electron chi connectivity index (χ1n) is 4.53. The van der Waals surface area contributed by atoms with Crippen LogP contribution < -0.4 is 4.74 Å². The van der Waals surface area contributed by atoms with Crippen molar-refractivity contribution >= 4 is 16.8 Å². The fourth-order valence-electron chi connectivity index (χ4n) is 1.07. The lowest BCUT2D eigenvalue weighted by Gasteiger charge is -2.06. The van der Waals surface area contributed by atoms with Gasteiger partial charge in [-0.3, -0.25) is 5.41 Å². The van der Waals surface area contributed by atoms with Crippen LogP contribution in [0.25, 0.3) is 0 Å². The second kappa shape index (κ2) is 5.70. The summed E-state index contributed by atoms with van der Waals surface area (Å²) in [5.41, 5.74) is 1.20. The van der Waals surface area contributed by atoms with E-state index in [9.17, 15) is 0 Å². The highest BCUT2D eigenvalue weighted by molar-refractivity contribution is 8.13. The van der Waals surface area contributed by atoms with Gasteiger partial charge in [-0.2, -0.15) is 0 Å². The van der Waals surface area contributed by atoms with E-state index in [2.05, 4.69) is 0 Å². The number of ether oxygens (including phenoxy) is 1. The zero-order valence-electron chi connectivity index (χ0n) is 8.54. The van der Waals surface area contributed by atoms with Crippen molar-refractivity contribution < 1.29 is 4.74 Å². The van der Waals surface area contributed by atoms with Crippen molar-refractivity contribution in [3.63, 3.8) is 0 Å². The highest BCUT2D eigenvalue weighted by atomic mass is 32.2. The maximum Gasteiger partial charge on any atom is 0.119 e. The second-order valence-corrected chi connectivity index (χ2v) is 3.94. The third-order valence-electron chi connectivity index (χ3n) is 1.83. The maximum absolute atomic E-state index is 7.43. The molecule has 76 valence electrons. The first-order valence-corrected chi connectivity index (χ1v) is 5.75. The highest BCUT2D eigenvalue weighted by Crippen LogP contribution is 2.12. The molecule has 0 radical (unpaired) electrons. The maximum atomic E-state index is 7.43. The molecule has 0 heterocycles. The minimum atomic E-state index is 0.586. The van der Waals surface area contributed by atoms with E-state index in [1.165, 1.54) is 17.3 Å². The molecule has 0 aliphatic carbocycles. The van der Waals surface area contributed by atoms with Gasteiger partial charge in [0.05, 0.1) is 11.7 Å². The molecule has 0 unspecified atom stereocenters. The van der Waals surface area contributed by atoms with Crippen molar-refractivity contribution in [3.8, 4) is 5.75 Å². The lowest BCUT2D eigenvalue weighted by molar-refractivity contribution is 0.329. The smallest absolute Gasteiger partial charge is 0.119 e. The molecule has 1 rings (SSSR count). The number of benzene rings is 1. The minimum Gasteiger partial charge on any atom is -0.493 e. The average Bonchev–Trinajstić information content (AvgIpc) is 2.17. The van der Waals surface area contributed by atoms with Crippen LogP contribution in [0.2, 0.25) is 0 Å². The number of aryl methyl sites for hydroxylation is 1. The van der Waals surface area contributed by atoms with Crippen LogP contribution in [-0.4, -0.2) is 17.9 Å². The van der Waals surface area contributed by atoms with Gasteiger partial charge in [0.2, 0.25) is 0 Å². The van der Waals surface area contributed by atoms with Crippen LogP contribution in [0.4, 0.5) is 0 Å². The number of thioether (sulfide) groups is 1. The zero-order chi connectivity index (χ0) is 10.4. The Balaban J connectivity index is 2.35. The molecule has 0 aromatic heterocycles. The van der Waals surface area contributed by atoms with E-state index in [0.29, 0.717) is 18.1 Å². The topological polar surface area (TPSA) is 33.1 Å². The SMILES string of the molecule is CSC(=N)CCOc1cccc(C)c1. The zero-order valence-corrected chi connectivity index (χ0v) is 9.36. The Hall–Kier alpha value is -0.960. The summed E-state index contributed by atoms with van der Waals surface area (Å²) in [5, 5.41) is 8.09. The van der Waals surface area contributed by atoms with Crippen molar-refractivity contribution in [2.24, 2.45) is 0 Å². The van der Waals surface area contributed by atoms with Crippen LogP contribution in [0, 0.1) is 12.3 Å². The van der Waals surface area contributed by atoms with E-state index in [4.69, 9.17) is 10.1 Å². The molecule has 0 aliphatic rings. The molecule has 0 saturated heterocycles. The van der Waals surface area contributed by atoms with Crippen molar-refractivity contribution in [2.75, 3.05) is 12.9 Å². The predicted octanol–water partition coefficient (Wildman–Crippen LogP) is 3.10. The third-order valence-corrected chi connectivity index (χ3v) is 2.53. The van der Waals surface area contributed by atoms with Gasteiger partial charge in [-0.1, -0.05) is 12.1 Å². The Morgan fingerprint density at radius 1 is 1.50 bits per heavy atom. The Kier molecular flexibility index (Phi) is 4.53. The van der Waals surface area contributed by atoms with E-state index in [1.807, 2.05) is 37.4 Å². The monoisotopic (exact) mass is 209 g/mol. The Labute approximate surface area is 89.2 Å². The summed E-state index contributed by atoms with van der Waals surface area (Å²) >= 11 is 1.47. The van der Waals surface area contributed by atoms with Gasteiger partial charge in [-0.15, -0.1) is 11.8 Å². The van der Waals surface area contributed by atoms with Gasteiger partial charge in [0, 0.05) is 6.42 Å². The molecule has 0 bridgehead atoms. The summed E-state index contributed by atoms with van der Waals surface area (Å²) in [6, 6.07) is 7.96. The summed E-state index contributed by atoms with van der Waals surface area (Å²) in [4.78, 5) is 0. The minimum absolute atomic E-state index is 0.586. The quantitative estimate of drug-likeness (QED) is 0.610. The molecule has 1 aromatic rings. The van der Waals surface area contributed by atoms with Crippen molar-refractivity contribution in [1.82, 2.24) is 0 Å². The normalized spacial score (nSPS) is 9.86. The Morgan fingerprint density at radius 3 is 2.93 bits per heavy atom. The molecular weight excluding hydrogens is 194 g/mol. The molecule has 0 amide bonds. The molecule has 0 atom stereocenters. The molecule has 0 saturated carbocycles. The molecule has 0 spiro atoms. The van der Waals surface area contributed by atoms with Gasteiger partial charge < -0.3 is 4.74 Å². The third kappa shape index (κ3) is 3.83. The van der Waals surface area contributed by atoms with Crippen LogP contribution in [0.1, 0.15) is 12.0 Å². The molecular formula is C11H15NOS. The van der Waals surface area contributed by atoms with E-state index >= 15 is 0 Å². The summed E-state index contributed by atoms with van der Waals surface area (Å²) in [6.07, 6.45) is 2.60. The van der Waals surface area contributed by atoms with Crippen molar-refractivity contribution in [3.05, 3.63) is 29.8 Å². The van der Waals surface area contributed by atoms with Gasteiger partial charge in [0.25, 0.3) is 0 Å². The first-order chi connectivity index (χ1) is 6.72. The van der Waals surface area contributed by atoms with Crippen LogP contribution in [0.15, 0.2) is 24.3 Å². The van der Waals surface area contributed by atoms with E-state index in [1.54, 1.807) is 0 Å². The fraction of sp³-hybridized carbons (Fsp3) is 0.364. The summed E-state index contributed by atoms with van der Waals surface area (Å²) in [7, 11) is 0. The lowest BCUT2D eigenvalue weighted by atomic mass is 10.2. The number of hydrogen-bond donors (Lipinski definition) is 1. The van der Waals surface area contributed by atoms with Crippen LogP contribution in [0.5, 0.6) is 5.75 Å². The lowest BCUT2D eigenvalue weighted by Crippen LogP contribution is -2.02. The van der Waals surface area contributed by atoms with Crippen molar-refractivity contribution in [1.29, 1.82) is 5.41 Å². The summed E-state index contributed by atoms with van der Waals surface area (Å²) in [5.74, 6) is 0.888. The molecule has 1 aromatic carbocycles. The van der Waals surface area contributed by atoms with E-state index < -0.39 is 0 Å². The highest BCUT2D eigenvalue weighted by Gasteiger charge is 1.96.